The summed E-state index contributed by atoms with van der Waals surface area (Å²) in [4.78, 5) is 38.4. The van der Waals surface area contributed by atoms with Gasteiger partial charge in [0.15, 0.2) is 0 Å². The predicted octanol–water partition coefficient (Wildman–Crippen LogP) is 11.1. The van der Waals surface area contributed by atoms with E-state index in [2.05, 4.69) is 38.2 Å². The average Bonchev–Trinajstić information content (AvgIpc) is 3.56. The third-order valence-corrected chi connectivity index (χ3v) is 13.5. The van der Waals surface area contributed by atoms with Gasteiger partial charge in [0.25, 0.3) is 0 Å². The van der Waals surface area contributed by atoms with Gasteiger partial charge in [-0.2, -0.15) is 0 Å². The number of thiophene rings is 2. The molecule has 3 N–H and O–H groups in total. The number of anilines is 2. The topological polar surface area (TPSA) is 134 Å². The minimum Gasteiger partial charge on any atom is -0.446 e. The van der Waals surface area contributed by atoms with E-state index in [1.165, 1.54) is 0 Å². The molecule has 6 aromatic rings. The van der Waals surface area contributed by atoms with Crippen molar-refractivity contribution in [2.45, 2.75) is 57.2 Å². The Morgan fingerprint density at radius 2 is 1.37 bits per heavy atom. The maximum Gasteiger partial charge on any atom is 0.414 e. The highest BCUT2D eigenvalue weighted by atomic mass is 35.5. The van der Waals surface area contributed by atoms with Gasteiger partial charge in [0, 0.05) is 72.8 Å². The SMILES string of the molecule is CC(C)(CO)c1cc(-c2csc(-c3ccc(NC(=O)OC4CC4C4CN(c5ccc(-c6cc(-c7ccnc(C(C)(C)CO)c7)cs6)c(Cl)c5)C(=O)O4)cc3Cl)c2)ccn1. The van der Waals surface area contributed by atoms with Crippen LogP contribution in [0.4, 0.5) is 21.0 Å². The molecule has 1 aliphatic carbocycles. The Bertz CT molecular complexity index is 2550. The summed E-state index contributed by atoms with van der Waals surface area (Å²) in [5.74, 6) is -0.129. The second kappa shape index (κ2) is 16.3. The molecule has 304 valence electrons. The lowest BCUT2D eigenvalue weighted by molar-refractivity contribution is 0.105. The summed E-state index contributed by atoms with van der Waals surface area (Å²) in [7, 11) is 0. The van der Waals surface area contributed by atoms with Crippen molar-refractivity contribution < 1.29 is 29.3 Å². The van der Waals surface area contributed by atoms with Crippen LogP contribution < -0.4 is 10.2 Å². The zero-order valence-corrected chi connectivity index (χ0v) is 35.9. The van der Waals surface area contributed by atoms with Gasteiger partial charge < -0.3 is 19.7 Å². The van der Waals surface area contributed by atoms with E-state index in [1.807, 2.05) is 70.2 Å². The molecule has 4 aromatic heterocycles. The Morgan fingerprint density at radius 1 is 0.814 bits per heavy atom. The molecule has 2 fully saturated rings. The number of halogens is 2. The van der Waals surface area contributed by atoms with Crippen LogP contribution >= 0.6 is 45.9 Å². The Morgan fingerprint density at radius 3 is 1.92 bits per heavy atom. The number of aliphatic hydroxyl groups is 2. The summed E-state index contributed by atoms with van der Waals surface area (Å²) in [6.45, 7) is 8.11. The summed E-state index contributed by atoms with van der Waals surface area (Å²) in [5.41, 5.74) is 7.55. The Labute approximate surface area is 360 Å². The largest absolute Gasteiger partial charge is 0.446 e. The van der Waals surface area contributed by atoms with Gasteiger partial charge in [-0.25, -0.2) is 9.59 Å². The minimum absolute atomic E-state index is 0.00779. The van der Waals surface area contributed by atoms with E-state index in [0.717, 1.165) is 54.5 Å². The number of benzene rings is 2. The molecule has 1 saturated heterocycles. The van der Waals surface area contributed by atoms with Crippen molar-refractivity contribution in [3.8, 4) is 43.1 Å². The maximum absolute atomic E-state index is 13.0. The third-order valence-electron chi connectivity index (χ3n) is 10.9. The second-order valence-electron chi connectivity index (χ2n) is 16.2. The fraction of sp³-hybridized carbons (Fsp3) is 0.289. The van der Waals surface area contributed by atoms with Crippen molar-refractivity contribution in [1.82, 2.24) is 9.97 Å². The zero-order valence-electron chi connectivity index (χ0n) is 32.7. The van der Waals surface area contributed by atoms with Crippen LogP contribution in [0.3, 0.4) is 0 Å². The molecule has 0 radical (unpaired) electrons. The Hall–Kier alpha value is -4.82. The molecule has 1 aliphatic heterocycles. The number of hydrogen-bond donors (Lipinski definition) is 3. The number of nitrogens with zero attached hydrogens (tertiary/aromatic N) is 3. The van der Waals surface area contributed by atoms with Crippen LogP contribution in [0.2, 0.25) is 10.0 Å². The molecule has 2 amide bonds. The molecule has 0 bridgehead atoms. The van der Waals surface area contributed by atoms with Gasteiger partial charge in [-0.1, -0.05) is 50.9 Å². The monoisotopic (exact) mass is 868 g/mol. The van der Waals surface area contributed by atoms with E-state index in [9.17, 15) is 19.8 Å². The highest BCUT2D eigenvalue weighted by molar-refractivity contribution is 7.14. The molecule has 2 aromatic carbocycles. The highest BCUT2D eigenvalue weighted by Gasteiger charge is 2.52. The van der Waals surface area contributed by atoms with Crippen molar-refractivity contribution in [3.05, 3.63) is 117 Å². The first-order chi connectivity index (χ1) is 28.2. The van der Waals surface area contributed by atoms with E-state index >= 15 is 0 Å². The zero-order chi connectivity index (χ0) is 41.6. The quantitative estimate of drug-likeness (QED) is 0.111. The third kappa shape index (κ3) is 8.61. The Balaban J connectivity index is 0.854. The highest BCUT2D eigenvalue weighted by Crippen LogP contribution is 2.44. The van der Waals surface area contributed by atoms with Crippen LogP contribution in [0.1, 0.15) is 45.5 Å². The molecule has 1 saturated carbocycles. The summed E-state index contributed by atoms with van der Waals surface area (Å²) in [6.07, 6.45) is 2.16. The number of ether oxygens (including phenoxy) is 2. The van der Waals surface area contributed by atoms with Gasteiger partial charge in [-0.3, -0.25) is 20.2 Å². The van der Waals surface area contributed by atoms with Crippen LogP contribution in [0.5, 0.6) is 0 Å². The van der Waals surface area contributed by atoms with Crippen LogP contribution in [0.15, 0.2) is 96.0 Å². The number of rotatable bonds is 12. The fourth-order valence-corrected chi connectivity index (χ4v) is 9.55. The molecule has 3 unspecified atom stereocenters. The van der Waals surface area contributed by atoms with Crippen molar-refractivity contribution in [2.24, 2.45) is 5.92 Å². The van der Waals surface area contributed by atoms with Gasteiger partial charge in [0.1, 0.15) is 12.2 Å². The molecule has 10 nitrogen and oxygen atoms in total. The van der Waals surface area contributed by atoms with E-state index < -0.39 is 35.2 Å². The molecular weight excluding hydrogens is 828 g/mol. The van der Waals surface area contributed by atoms with Crippen molar-refractivity contribution in [1.29, 1.82) is 0 Å². The smallest absolute Gasteiger partial charge is 0.414 e. The lowest BCUT2D eigenvalue weighted by Gasteiger charge is -2.21. The molecule has 3 atom stereocenters. The number of pyridine rings is 2. The van der Waals surface area contributed by atoms with Gasteiger partial charge in [0.2, 0.25) is 0 Å². The van der Waals surface area contributed by atoms with Crippen LogP contribution in [-0.4, -0.2) is 64.3 Å². The lowest BCUT2D eigenvalue weighted by atomic mass is 9.88. The predicted molar refractivity (Wildman–Crippen MR) is 236 cm³/mol. The van der Waals surface area contributed by atoms with E-state index in [0.29, 0.717) is 34.4 Å². The van der Waals surface area contributed by atoms with Gasteiger partial charge in [-0.15, -0.1) is 22.7 Å². The summed E-state index contributed by atoms with van der Waals surface area (Å²) in [5, 5.41) is 27.5. The first kappa shape index (κ1) is 40.9. The van der Waals surface area contributed by atoms with Gasteiger partial charge in [0.05, 0.1) is 29.8 Å². The lowest BCUT2D eigenvalue weighted by Crippen LogP contribution is -2.25. The van der Waals surface area contributed by atoms with Gasteiger partial charge >= 0.3 is 12.2 Å². The minimum atomic E-state index is -0.613. The molecule has 2 aliphatic rings. The first-order valence-electron chi connectivity index (χ1n) is 19.1. The average molecular weight is 870 g/mol. The molecule has 0 spiro atoms. The molecule has 5 heterocycles. The standard InChI is InChI=1S/C45H42Cl2N4O6S2/c1-44(2,23-52)40-15-25(9-11-48-40)27-13-38(58-21-27)31-7-5-29(17-34(31)46)50-42(54)56-36-19-33(36)37-20-51(43(55)57-37)30-6-8-32(35(47)18-30)39-14-28(22-59-39)26-10-12-49-41(16-26)45(3,4)24-53/h5-18,21-22,33,36-37,52-53H,19-20,23-24H2,1-4H3,(H,50,54). The maximum atomic E-state index is 13.0. The molecule has 8 rings (SSSR count). The number of aromatic nitrogens is 2. The van der Waals surface area contributed by atoms with E-state index in [4.69, 9.17) is 32.7 Å². The van der Waals surface area contributed by atoms with Gasteiger partial charge in [-0.05, 0) is 112 Å². The number of cyclic esters (lactones) is 1. The number of amides is 2. The van der Waals surface area contributed by atoms with Crippen LogP contribution in [0.25, 0.3) is 43.1 Å². The van der Waals surface area contributed by atoms with Crippen molar-refractivity contribution in [2.75, 3.05) is 30.0 Å². The summed E-state index contributed by atoms with van der Waals surface area (Å²) in [6, 6.07) is 22.9. The summed E-state index contributed by atoms with van der Waals surface area (Å²) < 4.78 is 11.4. The second-order valence-corrected chi connectivity index (χ2v) is 18.8. The Kier molecular flexibility index (Phi) is 11.3. The first-order valence-corrected chi connectivity index (χ1v) is 21.6. The molecule has 59 heavy (non-hydrogen) atoms. The number of aliphatic hydroxyl groups excluding tert-OH is 2. The normalized spacial score (nSPS) is 17.9. The molecule has 14 heteroatoms. The fourth-order valence-electron chi connectivity index (χ4n) is 6.96. The van der Waals surface area contributed by atoms with Crippen LogP contribution in [0, 0.1) is 5.92 Å². The summed E-state index contributed by atoms with van der Waals surface area (Å²) >= 11 is 16.7. The number of carbonyl (C=O) groups excluding carboxylic acids is 2. The number of carbonyl (C=O) groups is 2. The van der Waals surface area contributed by atoms with E-state index in [1.54, 1.807) is 58.2 Å². The van der Waals surface area contributed by atoms with Crippen molar-refractivity contribution >= 4 is 69.4 Å². The van der Waals surface area contributed by atoms with Crippen molar-refractivity contribution in [3.63, 3.8) is 0 Å². The van der Waals surface area contributed by atoms with Crippen LogP contribution in [-0.2, 0) is 20.3 Å². The molecular formula is C45H42Cl2N4O6S2. The number of hydrogen-bond acceptors (Lipinski definition) is 10. The number of nitrogens with one attached hydrogen (secondary N) is 1. The van der Waals surface area contributed by atoms with E-state index in [-0.39, 0.29) is 19.1 Å².